The summed E-state index contributed by atoms with van der Waals surface area (Å²) in [4.78, 5) is 23.6. The molecule has 0 aliphatic rings. The average molecular weight is 310 g/mol. The van der Waals surface area contributed by atoms with Crippen LogP contribution in [0.4, 0.5) is 0 Å². The highest BCUT2D eigenvalue weighted by Crippen LogP contribution is 2.19. The minimum atomic E-state index is -0.241. The second-order valence-electron chi connectivity index (χ2n) is 5.33. The van der Waals surface area contributed by atoms with Crippen LogP contribution in [0.5, 0.6) is 0 Å². The molecule has 2 aromatic carbocycles. The predicted octanol–water partition coefficient (Wildman–Crippen LogP) is 3.00. The van der Waals surface area contributed by atoms with Crippen LogP contribution in [0.25, 0.3) is 11.1 Å². The first kappa shape index (κ1) is 16.7. The number of hydrogen-bond donors (Lipinski definition) is 2. The summed E-state index contributed by atoms with van der Waals surface area (Å²) in [6.45, 7) is 2.72. The van der Waals surface area contributed by atoms with Gasteiger partial charge in [-0.1, -0.05) is 55.8 Å². The van der Waals surface area contributed by atoms with Crippen LogP contribution in [0.2, 0.25) is 0 Å². The van der Waals surface area contributed by atoms with Gasteiger partial charge in [-0.3, -0.25) is 9.59 Å². The highest BCUT2D eigenvalue weighted by atomic mass is 16.2. The van der Waals surface area contributed by atoms with Gasteiger partial charge < -0.3 is 10.6 Å². The fraction of sp³-hybridized carbons (Fsp3) is 0.263. The molecule has 0 saturated heterocycles. The first-order valence-corrected chi connectivity index (χ1v) is 7.91. The third-order valence-electron chi connectivity index (χ3n) is 3.52. The molecule has 0 aromatic heterocycles. The van der Waals surface area contributed by atoms with Gasteiger partial charge in [0.1, 0.15) is 0 Å². The van der Waals surface area contributed by atoms with Crippen molar-refractivity contribution in [3.63, 3.8) is 0 Å². The van der Waals surface area contributed by atoms with E-state index in [0.717, 1.165) is 24.0 Å². The Labute approximate surface area is 136 Å². The highest BCUT2D eigenvalue weighted by molar-refractivity contribution is 5.96. The number of amides is 2. The van der Waals surface area contributed by atoms with Crippen molar-refractivity contribution < 1.29 is 9.59 Å². The van der Waals surface area contributed by atoms with Crippen LogP contribution in [0.15, 0.2) is 54.6 Å². The normalized spacial score (nSPS) is 10.1. The van der Waals surface area contributed by atoms with Gasteiger partial charge in [-0.05, 0) is 29.7 Å². The first-order chi connectivity index (χ1) is 11.2. The Kier molecular flexibility index (Phi) is 6.36. The quantitative estimate of drug-likeness (QED) is 0.772. The topological polar surface area (TPSA) is 58.2 Å². The van der Waals surface area contributed by atoms with Crippen LogP contribution in [0.3, 0.4) is 0 Å². The lowest BCUT2D eigenvalue weighted by Gasteiger charge is -2.07. The van der Waals surface area contributed by atoms with Crippen LogP contribution < -0.4 is 10.6 Å². The molecule has 0 heterocycles. The lowest BCUT2D eigenvalue weighted by atomic mass is 10.0. The number of benzene rings is 2. The molecule has 23 heavy (non-hydrogen) atoms. The van der Waals surface area contributed by atoms with Crippen LogP contribution in [-0.4, -0.2) is 24.9 Å². The van der Waals surface area contributed by atoms with Crippen molar-refractivity contribution in [2.75, 3.05) is 13.1 Å². The Bertz CT molecular complexity index is 636. The lowest BCUT2D eigenvalue weighted by Crippen LogP contribution is -2.37. The molecule has 4 nitrogen and oxygen atoms in total. The lowest BCUT2D eigenvalue weighted by molar-refractivity contribution is -0.120. The van der Waals surface area contributed by atoms with Gasteiger partial charge in [0.15, 0.2) is 0 Å². The maximum Gasteiger partial charge on any atom is 0.251 e. The van der Waals surface area contributed by atoms with Gasteiger partial charge in [0, 0.05) is 12.1 Å². The molecule has 0 spiro atoms. The zero-order valence-electron chi connectivity index (χ0n) is 13.3. The molecular formula is C19H22N2O2. The van der Waals surface area contributed by atoms with Crippen molar-refractivity contribution in [3.05, 3.63) is 60.2 Å². The van der Waals surface area contributed by atoms with Crippen molar-refractivity contribution in [2.24, 2.45) is 0 Å². The van der Waals surface area contributed by atoms with Gasteiger partial charge in [0.25, 0.3) is 5.91 Å². The summed E-state index contributed by atoms with van der Waals surface area (Å²) in [5.74, 6) is -0.400. The average Bonchev–Trinajstić information content (AvgIpc) is 2.61. The zero-order valence-corrected chi connectivity index (χ0v) is 13.3. The first-order valence-electron chi connectivity index (χ1n) is 7.91. The summed E-state index contributed by atoms with van der Waals surface area (Å²) in [5.41, 5.74) is 2.71. The summed E-state index contributed by atoms with van der Waals surface area (Å²) >= 11 is 0. The van der Waals surface area contributed by atoms with Crippen molar-refractivity contribution in [2.45, 2.75) is 19.8 Å². The van der Waals surface area contributed by atoms with Gasteiger partial charge in [0.2, 0.25) is 5.91 Å². The molecule has 0 unspecified atom stereocenters. The molecule has 4 heteroatoms. The number of nitrogens with one attached hydrogen (secondary N) is 2. The number of hydrogen-bond acceptors (Lipinski definition) is 2. The maximum absolute atomic E-state index is 12.0. The summed E-state index contributed by atoms with van der Waals surface area (Å²) in [7, 11) is 0. The molecule has 2 amide bonds. The SMILES string of the molecule is CCCCNC(=O)CNC(=O)c1ccc(-c2ccccc2)cc1. The molecule has 2 aromatic rings. The summed E-state index contributed by atoms with van der Waals surface area (Å²) in [6, 6.07) is 17.3. The predicted molar refractivity (Wildman–Crippen MR) is 92.1 cm³/mol. The third-order valence-corrected chi connectivity index (χ3v) is 3.52. The third kappa shape index (κ3) is 5.25. The summed E-state index contributed by atoms with van der Waals surface area (Å²) in [5, 5.41) is 5.40. The molecular weight excluding hydrogens is 288 g/mol. The van der Waals surface area contributed by atoms with Gasteiger partial charge >= 0.3 is 0 Å². The monoisotopic (exact) mass is 310 g/mol. The van der Waals surface area contributed by atoms with Gasteiger partial charge in [-0.2, -0.15) is 0 Å². The van der Waals surface area contributed by atoms with E-state index in [1.807, 2.05) is 42.5 Å². The number of carbonyl (C=O) groups is 2. The van der Waals surface area contributed by atoms with E-state index in [2.05, 4.69) is 17.6 Å². The molecule has 0 fully saturated rings. The molecule has 2 N–H and O–H groups in total. The standard InChI is InChI=1S/C19H22N2O2/c1-2-3-13-20-18(22)14-21-19(23)17-11-9-16(10-12-17)15-7-5-4-6-8-15/h4-12H,2-3,13-14H2,1H3,(H,20,22)(H,21,23). The number of carbonyl (C=O) groups excluding carboxylic acids is 2. The van der Waals surface area contributed by atoms with E-state index in [9.17, 15) is 9.59 Å². The summed E-state index contributed by atoms with van der Waals surface area (Å²) < 4.78 is 0. The minimum absolute atomic E-state index is 0.00296. The van der Waals surface area contributed by atoms with E-state index >= 15 is 0 Å². The Morgan fingerprint density at radius 3 is 2.17 bits per heavy atom. The fourth-order valence-corrected chi connectivity index (χ4v) is 2.17. The second kappa shape index (κ2) is 8.73. The Balaban J connectivity index is 1.87. The Morgan fingerprint density at radius 1 is 0.870 bits per heavy atom. The molecule has 0 radical (unpaired) electrons. The van der Waals surface area contributed by atoms with Gasteiger partial charge in [-0.15, -0.1) is 0 Å². The van der Waals surface area contributed by atoms with Crippen molar-refractivity contribution in [1.29, 1.82) is 0 Å². The largest absolute Gasteiger partial charge is 0.355 e. The van der Waals surface area contributed by atoms with Crippen LogP contribution in [-0.2, 0) is 4.79 Å². The minimum Gasteiger partial charge on any atom is -0.355 e. The second-order valence-corrected chi connectivity index (χ2v) is 5.33. The molecule has 0 atom stereocenters. The Morgan fingerprint density at radius 2 is 1.52 bits per heavy atom. The zero-order chi connectivity index (χ0) is 16.5. The molecule has 0 aliphatic carbocycles. The van der Waals surface area contributed by atoms with E-state index in [-0.39, 0.29) is 18.4 Å². The summed E-state index contributed by atoms with van der Waals surface area (Å²) in [6.07, 6.45) is 1.97. The van der Waals surface area contributed by atoms with E-state index < -0.39 is 0 Å². The van der Waals surface area contributed by atoms with E-state index in [4.69, 9.17) is 0 Å². The molecule has 0 saturated carbocycles. The van der Waals surface area contributed by atoms with Crippen LogP contribution >= 0.6 is 0 Å². The number of rotatable bonds is 7. The molecule has 120 valence electrons. The molecule has 0 aliphatic heterocycles. The van der Waals surface area contributed by atoms with Gasteiger partial charge in [0.05, 0.1) is 6.54 Å². The van der Waals surface area contributed by atoms with E-state index in [1.54, 1.807) is 12.1 Å². The van der Waals surface area contributed by atoms with E-state index in [1.165, 1.54) is 0 Å². The maximum atomic E-state index is 12.0. The Hall–Kier alpha value is -2.62. The van der Waals surface area contributed by atoms with Crippen molar-refractivity contribution in [1.82, 2.24) is 10.6 Å². The van der Waals surface area contributed by atoms with Gasteiger partial charge in [-0.25, -0.2) is 0 Å². The highest BCUT2D eigenvalue weighted by Gasteiger charge is 2.08. The smallest absolute Gasteiger partial charge is 0.251 e. The number of unbranched alkanes of at least 4 members (excludes halogenated alkanes) is 1. The fourth-order valence-electron chi connectivity index (χ4n) is 2.17. The van der Waals surface area contributed by atoms with E-state index in [0.29, 0.717) is 12.1 Å². The van der Waals surface area contributed by atoms with Crippen LogP contribution in [0.1, 0.15) is 30.1 Å². The van der Waals surface area contributed by atoms with Crippen molar-refractivity contribution in [3.8, 4) is 11.1 Å². The molecule has 2 rings (SSSR count). The van der Waals surface area contributed by atoms with Crippen LogP contribution in [0, 0.1) is 0 Å². The van der Waals surface area contributed by atoms with Crippen molar-refractivity contribution >= 4 is 11.8 Å². The molecule has 0 bridgehead atoms.